The maximum Gasteiger partial charge on any atom is 0.246 e. The van der Waals surface area contributed by atoms with Crippen LogP contribution in [0.4, 0.5) is 0 Å². The number of unbranched alkanes of at least 4 members (excludes halogenated alkanes) is 10. The molecule has 0 aromatic rings. The summed E-state index contributed by atoms with van der Waals surface area (Å²) in [5, 5.41) is 3.15. The molecule has 0 aliphatic carbocycles. The lowest BCUT2D eigenvalue weighted by atomic mass is 10.1. The average Bonchev–Trinajstić information content (AvgIpc) is 3.16. The van der Waals surface area contributed by atoms with Crippen LogP contribution in [0.2, 0.25) is 0 Å². The predicted octanol–water partition coefficient (Wildman–Crippen LogP) is 6.85. The first-order valence-electron chi connectivity index (χ1n) is 14.1. The third kappa shape index (κ3) is 15.8. The number of likely N-dealkylation sites (N-methyl/N-ethyl adjacent to an activating group) is 1. The number of rotatable bonds is 21. The normalized spacial score (nSPS) is 14.3. The van der Waals surface area contributed by atoms with Gasteiger partial charge in [-0.3, -0.25) is 14.3 Å². The molecule has 1 heterocycles. The molecular formula is C29H54N3O+. The zero-order valence-corrected chi connectivity index (χ0v) is 22.3. The summed E-state index contributed by atoms with van der Waals surface area (Å²) in [4.78, 5) is 14.7. The van der Waals surface area contributed by atoms with Crippen molar-refractivity contribution in [3.63, 3.8) is 0 Å². The quantitative estimate of drug-likeness (QED) is 0.115. The minimum absolute atomic E-state index is 0.226. The second-order valence-electron chi connectivity index (χ2n) is 9.55. The molecule has 1 N–H and O–H groups in total. The summed E-state index contributed by atoms with van der Waals surface area (Å²) in [7, 11) is 2.22. The second kappa shape index (κ2) is 21.0. The molecule has 0 aromatic heterocycles. The highest BCUT2D eigenvalue weighted by atomic mass is 16.1. The van der Waals surface area contributed by atoms with E-state index in [1.165, 1.54) is 82.9 Å². The van der Waals surface area contributed by atoms with Crippen molar-refractivity contribution in [2.75, 3.05) is 33.2 Å². The molecule has 0 spiro atoms. The number of nitrogens with one attached hydrogen (secondary N) is 1. The molecule has 4 heteroatoms. The van der Waals surface area contributed by atoms with Crippen LogP contribution in [0.1, 0.15) is 117 Å². The third-order valence-electron chi connectivity index (χ3n) is 6.57. The first kappa shape index (κ1) is 29.5. The first-order valence-corrected chi connectivity index (χ1v) is 14.1. The lowest BCUT2D eigenvalue weighted by Gasteiger charge is -2.14. The summed E-state index contributed by atoms with van der Waals surface area (Å²) in [5.41, 5.74) is 0. The van der Waals surface area contributed by atoms with Crippen molar-refractivity contribution in [3.05, 3.63) is 24.3 Å². The van der Waals surface area contributed by atoms with Gasteiger partial charge in [-0.05, 0) is 51.4 Å². The number of hydrogen-bond donors (Lipinski definition) is 1. The van der Waals surface area contributed by atoms with Gasteiger partial charge < -0.3 is 5.32 Å². The monoisotopic (exact) mass is 460 g/mol. The fraction of sp³-hybridized carbons (Fsp3) is 0.793. The Morgan fingerprint density at radius 3 is 2.06 bits per heavy atom. The van der Waals surface area contributed by atoms with Gasteiger partial charge in [0, 0.05) is 12.8 Å². The molecule has 0 fully saturated rings. The summed E-state index contributed by atoms with van der Waals surface area (Å²) in [6.45, 7) is 8.30. The predicted molar refractivity (Wildman–Crippen MR) is 144 cm³/mol. The van der Waals surface area contributed by atoms with Crippen LogP contribution in [-0.4, -0.2) is 54.4 Å². The number of amidine groups is 1. The van der Waals surface area contributed by atoms with E-state index in [0.29, 0.717) is 6.42 Å². The van der Waals surface area contributed by atoms with Gasteiger partial charge >= 0.3 is 0 Å². The van der Waals surface area contributed by atoms with Gasteiger partial charge in [0.1, 0.15) is 19.6 Å². The molecule has 0 aromatic carbocycles. The largest absolute Gasteiger partial charge is 0.352 e. The Hall–Kier alpha value is -1.58. The number of carbonyl (C=O) groups excluding carboxylic acids is 1. The van der Waals surface area contributed by atoms with Crippen molar-refractivity contribution in [2.24, 2.45) is 0 Å². The molecule has 190 valence electrons. The van der Waals surface area contributed by atoms with Crippen LogP contribution in [0.25, 0.3) is 0 Å². The Bertz CT molecular complexity index is 579. The van der Waals surface area contributed by atoms with Crippen molar-refractivity contribution in [1.29, 1.82) is 0 Å². The average molecular weight is 461 g/mol. The van der Waals surface area contributed by atoms with Crippen LogP contribution < -0.4 is 5.32 Å². The van der Waals surface area contributed by atoms with E-state index in [-0.39, 0.29) is 5.91 Å². The fourth-order valence-corrected chi connectivity index (χ4v) is 4.50. The molecule has 0 saturated carbocycles. The summed E-state index contributed by atoms with van der Waals surface area (Å²) in [5.74, 6) is 1.70. The van der Waals surface area contributed by atoms with E-state index in [1.807, 2.05) is 0 Å². The molecule has 1 aliphatic rings. The Labute approximate surface area is 205 Å². The minimum atomic E-state index is 0.226. The maximum atomic E-state index is 12.2. The zero-order valence-electron chi connectivity index (χ0n) is 22.3. The molecule has 0 atom stereocenters. The Morgan fingerprint density at radius 2 is 1.42 bits per heavy atom. The first-order chi connectivity index (χ1) is 16.2. The highest BCUT2D eigenvalue weighted by Gasteiger charge is 2.27. The summed E-state index contributed by atoms with van der Waals surface area (Å²) in [6, 6.07) is 0. The van der Waals surface area contributed by atoms with Gasteiger partial charge in [0.15, 0.2) is 0 Å². The van der Waals surface area contributed by atoms with E-state index >= 15 is 0 Å². The van der Waals surface area contributed by atoms with Gasteiger partial charge in [0.25, 0.3) is 0 Å². The van der Waals surface area contributed by atoms with E-state index in [1.54, 1.807) is 0 Å². The smallest absolute Gasteiger partial charge is 0.246 e. The third-order valence-corrected chi connectivity index (χ3v) is 6.57. The van der Waals surface area contributed by atoms with Crippen LogP contribution in [-0.2, 0) is 4.79 Å². The highest BCUT2D eigenvalue weighted by Crippen LogP contribution is 2.12. The molecule has 33 heavy (non-hydrogen) atoms. The van der Waals surface area contributed by atoms with E-state index in [9.17, 15) is 4.79 Å². The molecule has 0 radical (unpaired) electrons. The van der Waals surface area contributed by atoms with Crippen LogP contribution in [0.15, 0.2) is 24.3 Å². The molecule has 4 nitrogen and oxygen atoms in total. The zero-order chi connectivity index (χ0) is 24.0. The van der Waals surface area contributed by atoms with Gasteiger partial charge in [-0.2, -0.15) is 0 Å². The molecule has 1 aliphatic heterocycles. The van der Waals surface area contributed by atoms with Crippen molar-refractivity contribution in [3.8, 4) is 0 Å². The lowest BCUT2D eigenvalue weighted by Crippen LogP contribution is -2.37. The Morgan fingerprint density at radius 1 is 0.848 bits per heavy atom. The second-order valence-corrected chi connectivity index (χ2v) is 9.55. The molecule has 0 saturated heterocycles. The van der Waals surface area contributed by atoms with Crippen LogP contribution >= 0.6 is 0 Å². The van der Waals surface area contributed by atoms with Crippen molar-refractivity contribution in [1.82, 2.24) is 10.2 Å². The number of allylic oxidation sites excluding steroid dienone is 4. The standard InChI is InChI=1S/C29H53N3O/c1-4-6-8-10-12-14-16-18-20-22-28(33)30-24-25-32-27-26-31(3)29(32)23-21-19-17-15-13-11-9-7-5-2/h6-9H,4-5,10-27H2,1-3H3/p+1/b8-6+,9-7+. The number of amides is 1. The van der Waals surface area contributed by atoms with E-state index < -0.39 is 0 Å². The maximum absolute atomic E-state index is 12.2. The van der Waals surface area contributed by atoms with Crippen LogP contribution in [0, 0.1) is 0 Å². The molecular weight excluding hydrogens is 406 g/mol. The van der Waals surface area contributed by atoms with Gasteiger partial charge in [-0.15, -0.1) is 0 Å². The number of hydrogen-bond acceptors (Lipinski definition) is 2. The van der Waals surface area contributed by atoms with Crippen molar-refractivity contribution >= 4 is 11.7 Å². The van der Waals surface area contributed by atoms with Crippen LogP contribution in [0.5, 0.6) is 0 Å². The summed E-state index contributed by atoms with van der Waals surface area (Å²) < 4.78 is 2.41. The Kier molecular flexibility index (Phi) is 18.7. The van der Waals surface area contributed by atoms with E-state index in [2.05, 4.69) is 60.0 Å². The topological polar surface area (TPSA) is 35.4 Å². The summed E-state index contributed by atoms with van der Waals surface area (Å²) in [6.07, 6.45) is 28.4. The molecule has 1 rings (SSSR count). The van der Waals surface area contributed by atoms with Gasteiger partial charge in [-0.25, -0.2) is 0 Å². The molecule has 1 amide bonds. The van der Waals surface area contributed by atoms with Gasteiger partial charge in [0.2, 0.25) is 11.7 Å². The fourth-order valence-electron chi connectivity index (χ4n) is 4.50. The SMILES string of the molecule is CC/C=C/CCCCCCCC(=O)NCCN1CC[N+](C)=C1CCCCCCC/C=C/CC. The highest BCUT2D eigenvalue weighted by molar-refractivity contribution is 5.78. The summed E-state index contributed by atoms with van der Waals surface area (Å²) >= 11 is 0. The van der Waals surface area contributed by atoms with Crippen molar-refractivity contribution < 1.29 is 9.37 Å². The van der Waals surface area contributed by atoms with Gasteiger partial charge in [-0.1, -0.05) is 76.7 Å². The van der Waals surface area contributed by atoms with Crippen LogP contribution in [0.3, 0.4) is 0 Å². The Balaban J connectivity index is 2.05. The van der Waals surface area contributed by atoms with Crippen molar-refractivity contribution in [2.45, 2.75) is 117 Å². The van der Waals surface area contributed by atoms with Gasteiger partial charge in [0.05, 0.1) is 13.6 Å². The molecule has 0 unspecified atom stereocenters. The minimum Gasteiger partial charge on any atom is -0.352 e. The number of nitrogens with zero attached hydrogens (tertiary/aromatic N) is 2. The van der Waals surface area contributed by atoms with E-state index in [0.717, 1.165) is 45.4 Å². The van der Waals surface area contributed by atoms with E-state index in [4.69, 9.17) is 0 Å². The molecule has 0 bridgehead atoms. The lowest BCUT2D eigenvalue weighted by molar-refractivity contribution is -0.487. The number of carbonyl (C=O) groups is 1.